The van der Waals surface area contributed by atoms with E-state index in [1.54, 1.807) is 29.6 Å². The molecule has 0 spiro atoms. The molecule has 0 aliphatic heterocycles. The van der Waals surface area contributed by atoms with Crippen LogP contribution in [0.25, 0.3) is 6.08 Å². The molecule has 2 aromatic carbocycles. The highest BCUT2D eigenvalue weighted by atomic mass is 79.9. The molecule has 120 valence electrons. The molecule has 0 unspecified atom stereocenters. The smallest absolute Gasteiger partial charge is 0.248 e. The summed E-state index contributed by atoms with van der Waals surface area (Å²) in [5.41, 5.74) is -0.799. The van der Waals surface area contributed by atoms with E-state index in [1.165, 1.54) is 6.08 Å². The number of rotatable bonds is 3. The van der Waals surface area contributed by atoms with Crippen LogP contribution in [0.2, 0.25) is 0 Å². The minimum absolute atomic E-state index is 0.598. The van der Waals surface area contributed by atoms with Crippen molar-refractivity contribution in [1.82, 2.24) is 0 Å². The Morgan fingerprint density at radius 2 is 1.35 bits per heavy atom. The average molecular weight is 392 g/mol. The molecule has 1 amide bonds. The Labute approximate surface area is 135 Å². The van der Waals surface area contributed by atoms with Crippen LogP contribution in [-0.4, -0.2) is 5.91 Å². The van der Waals surface area contributed by atoms with Gasteiger partial charge in [0.15, 0.2) is 23.3 Å². The zero-order chi connectivity index (χ0) is 17.1. The van der Waals surface area contributed by atoms with Gasteiger partial charge in [0, 0.05) is 10.5 Å². The van der Waals surface area contributed by atoms with Crippen molar-refractivity contribution in [2.45, 2.75) is 0 Å². The number of hydrogen-bond acceptors (Lipinski definition) is 1. The van der Waals surface area contributed by atoms with Crippen molar-refractivity contribution in [3.8, 4) is 0 Å². The second kappa shape index (κ2) is 6.91. The summed E-state index contributed by atoms with van der Waals surface area (Å²) in [5.74, 6) is -11.8. The zero-order valence-corrected chi connectivity index (χ0v) is 12.7. The lowest BCUT2D eigenvalue weighted by atomic mass is 10.2. The Balaban J connectivity index is 2.22. The summed E-state index contributed by atoms with van der Waals surface area (Å²) in [6.45, 7) is 0. The minimum atomic E-state index is -2.29. The summed E-state index contributed by atoms with van der Waals surface area (Å²) < 4.78 is 66.5. The van der Waals surface area contributed by atoms with E-state index in [0.717, 1.165) is 10.5 Å². The first kappa shape index (κ1) is 17.1. The second-order valence-electron chi connectivity index (χ2n) is 4.32. The molecule has 2 nitrogen and oxygen atoms in total. The van der Waals surface area contributed by atoms with Gasteiger partial charge in [-0.1, -0.05) is 28.1 Å². The van der Waals surface area contributed by atoms with Crippen molar-refractivity contribution in [3.05, 3.63) is 69.5 Å². The molecule has 1 N–H and O–H groups in total. The zero-order valence-electron chi connectivity index (χ0n) is 11.1. The predicted molar refractivity (Wildman–Crippen MR) is 78.0 cm³/mol. The molecule has 0 aliphatic carbocycles. The van der Waals surface area contributed by atoms with E-state index in [0.29, 0.717) is 5.56 Å². The van der Waals surface area contributed by atoms with Crippen molar-refractivity contribution in [2.75, 3.05) is 5.32 Å². The molecule has 0 saturated carbocycles. The van der Waals surface area contributed by atoms with E-state index < -0.39 is 40.7 Å². The van der Waals surface area contributed by atoms with Crippen molar-refractivity contribution in [2.24, 2.45) is 0 Å². The fourth-order valence-corrected chi connectivity index (χ4v) is 1.89. The van der Waals surface area contributed by atoms with Gasteiger partial charge in [-0.25, -0.2) is 22.0 Å². The molecule has 0 heterocycles. The van der Waals surface area contributed by atoms with Gasteiger partial charge >= 0.3 is 0 Å². The third kappa shape index (κ3) is 3.76. The van der Waals surface area contributed by atoms with Crippen LogP contribution < -0.4 is 5.32 Å². The van der Waals surface area contributed by atoms with Crippen LogP contribution in [-0.2, 0) is 4.79 Å². The maximum absolute atomic E-state index is 13.4. The maximum Gasteiger partial charge on any atom is 0.248 e. The molecule has 0 bridgehead atoms. The first-order chi connectivity index (χ1) is 10.8. The van der Waals surface area contributed by atoms with Crippen LogP contribution in [0.3, 0.4) is 0 Å². The largest absolute Gasteiger partial charge is 0.317 e. The SMILES string of the molecule is O=C(/C=C/c1ccc(Br)cc1)Nc1c(F)c(F)c(F)c(F)c1F. The second-order valence-corrected chi connectivity index (χ2v) is 5.23. The van der Waals surface area contributed by atoms with Gasteiger partial charge in [0.1, 0.15) is 5.69 Å². The Kier molecular flexibility index (Phi) is 5.15. The topological polar surface area (TPSA) is 29.1 Å². The molecular weight excluding hydrogens is 385 g/mol. The van der Waals surface area contributed by atoms with Gasteiger partial charge in [0.2, 0.25) is 11.7 Å². The first-order valence-electron chi connectivity index (χ1n) is 6.07. The van der Waals surface area contributed by atoms with Gasteiger partial charge in [-0.2, -0.15) is 0 Å². The van der Waals surface area contributed by atoms with Gasteiger partial charge in [0.25, 0.3) is 0 Å². The quantitative estimate of drug-likeness (QED) is 0.346. The van der Waals surface area contributed by atoms with E-state index in [1.807, 2.05) is 0 Å². The van der Waals surface area contributed by atoms with E-state index in [9.17, 15) is 26.7 Å². The number of benzene rings is 2. The lowest BCUT2D eigenvalue weighted by Crippen LogP contribution is -2.14. The van der Waals surface area contributed by atoms with Crippen molar-refractivity contribution < 1.29 is 26.7 Å². The van der Waals surface area contributed by atoms with Crippen LogP contribution in [0.1, 0.15) is 5.56 Å². The van der Waals surface area contributed by atoms with Crippen LogP contribution in [0.4, 0.5) is 27.6 Å². The number of carbonyl (C=O) groups is 1. The summed E-state index contributed by atoms with van der Waals surface area (Å²) in [6, 6.07) is 6.68. The number of halogens is 6. The maximum atomic E-state index is 13.4. The van der Waals surface area contributed by atoms with E-state index >= 15 is 0 Å². The minimum Gasteiger partial charge on any atom is -0.317 e. The average Bonchev–Trinajstić information content (AvgIpc) is 2.54. The molecular formula is C15H7BrF5NO. The monoisotopic (exact) mass is 391 g/mol. The molecule has 0 aliphatic rings. The van der Waals surface area contributed by atoms with Crippen molar-refractivity contribution in [1.29, 1.82) is 0 Å². The Bertz CT molecular complexity index is 760. The number of amides is 1. The normalized spacial score (nSPS) is 11.0. The molecule has 0 aromatic heterocycles. The highest BCUT2D eigenvalue weighted by Gasteiger charge is 2.26. The van der Waals surface area contributed by atoms with Crippen LogP contribution in [0.15, 0.2) is 34.8 Å². The lowest BCUT2D eigenvalue weighted by molar-refractivity contribution is -0.111. The van der Waals surface area contributed by atoms with Crippen molar-refractivity contribution in [3.63, 3.8) is 0 Å². The first-order valence-corrected chi connectivity index (χ1v) is 6.86. The van der Waals surface area contributed by atoms with E-state index in [-0.39, 0.29) is 0 Å². The van der Waals surface area contributed by atoms with Gasteiger partial charge in [-0.15, -0.1) is 0 Å². The number of anilines is 1. The summed E-state index contributed by atoms with van der Waals surface area (Å²) >= 11 is 3.22. The highest BCUT2D eigenvalue weighted by molar-refractivity contribution is 9.10. The molecule has 0 fully saturated rings. The van der Waals surface area contributed by atoms with E-state index in [4.69, 9.17) is 0 Å². The predicted octanol–water partition coefficient (Wildman–Crippen LogP) is 4.80. The molecule has 0 radical (unpaired) electrons. The fourth-order valence-electron chi connectivity index (χ4n) is 1.63. The highest BCUT2D eigenvalue weighted by Crippen LogP contribution is 2.27. The Morgan fingerprint density at radius 1 is 0.870 bits per heavy atom. The summed E-state index contributed by atoms with van der Waals surface area (Å²) in [7, 11) is 0. The van der Waals surface area contributed by atoms with Gasteiger partial charge in [0.05, 0.1) is 0 Å². The van der Waals surface area contributed by atoms with Crippen LogP contribution in [0.5, 0.6) is 0 Å². The Hall–Kier alpha value is -2.22. The molecule has 2 rings (SSSR count). The Morgan fingerprint density at radius 3 is 1.87 bits per heavy atom. The van der Waals surface area contributed by atoms with Gasteiger partial charge in [-0.3, -0.25) is 4.79 Å². The summed E-state index contributed by atoms with van der Waals surface area (Å²) in [6.07, 6.45) is 2.22. The third-order valence-electron chi connectivity index (χ3n) is 2.76. The molecule has 8 heteroatoms. The molecule has 23 heavy (non-hydrogen) atoms. The third-order valence-corrected chi connectivity index (χ3v) is 3.28. The summed E-state index contributed by atoms with van der Waals surface area (Å²) in [5, 5.41) is 1.64. The lowest BCUT2D eigenvalue weighted by Gasteiger charge is -2.08. The standard InChI is InChI=1S/C15H7BrF5NO/c16-8-4-1-7(2-5-8)3-6-9(23)22-15-13(20)11(18)10(17)12(19)14(15)21/h1-6H,(H,22,23)/b6-3+. The fraction of sp³-hybridized carbons (Fsp3) is 0. The number of carbonyl (C=O) groups excluding carboxylic acids is 1. The van der Waals surface area contributed by atoms with Gasteiger partial charge in [-0.05, 0) is 23.8 Å². The number of hydrogen-bond donors (Lipinski definition) is 1. The molecule has 0 atom stereocenters. The van der Waals surface area contributed by atoms with Crippen LogP contribution >= 0.6 is 15.9 Å². The molecule has 0 saturated heterocycles. The van der Waals surface area contributed by atoms with Gasteiger partial charge < -0.3 is 5.32 Å². The van der Waals surface area contributed by atoms with Crippen LogP contribution in [0, 0.1) is 29.1 Å². The molecule has 2 aromatic rings. The van der Waals surface area contributed by atoms with Crippen molar-refractivity contribution >= 4 is 33.6 Å². The van der Waals surface area contributed by atoms with E-state index in [2.05, 4.69) is 15.9 Å². The number of nitrogens with one attached hydrogen (secondary N) is 1. The summed E-state index contributed by atoms with van der Waals surface area (Å²) in [4.78, 5) is 11.6.